The molecule has 0 radical (unpaired) electrons. The minimum atomic E-state index is -4.61. The number of anilines is 1. The first kappa shape index (κ1) is 33.3. The summed E-state index contributed by atoms with van der Waals surface area (Å²) < 4.78 is 46.6. The zero-order valence-corrected chi connectivity index (χ0v) is 27.1. The Morgan fingerprint density at radius 1 is 1.22 bits per heavy atom. The van der Waals surface area contributed by atoms with E-state index in [9.17, 15) is 27.6 Å². The summed E-state index contributed by atoms with van der Waals surface area (Å²) in [6, 6.07) is 3.23. The standard InChI is InChI=1S/C33H43F3N4O4S/c1-5-32-17-21(32)10-8-6-7-9-13-40(4)30(42)25-16-22(15-24(25)28(41)39-32)44-31(43)38-26-14-20(33(34,35)36)11-12-23(26)29-37-27(18-45-29)19(2)3/h8,10-12,14,19,21-22,24-25,27H,5-7,9,13,15-18H2,1-4H3,(H,38,43)(H,39,41)/b10-8-/t21-,22-,24-,25-,27?,32-/m1/s1. The van der Waals surface area contributed by atoms with Crippen molar-refractivity contribution >= 4 is 40.4 Å². The van der Waals surface area contributed by atoms with Gasteiger partial charge in [-0.25, -0.2) is 4.79 Å². The monoisotopic (exact) mass is 648 g/mol. The first-order valence-corrected chi connectivity index (χ1v) is 16.9. The van der Waals surface area contributed by atoms with Gasteiger partial charge in [0.25, 0.3) is 0 Å². The number of halogens is 3. The molecule has 3 amide bonds. The Balaban J connectivity index is 1.34. The van der Waals surface area contributed by atoms with Gasteiger partial charge in [0.2, 0.25) is 11.8 Å². The lowest BCUT2D eigenvalue weighted by atomic mass is 9.92. The second-order valence-corrected chi connectivity index (χ2v) is 14.2. The van der Waals surface area contributed by atoms with E-state index in [1.165, 1.54) is 17.8 Å². The van der Waals surface area contributed by atoms with E-state index in [2.05, 4.69) is 27.8 Å². The highest BCUT2D eigenvalue weighted by Crippen LogP contribution is 2.48. The summed E-state index contributed by atoms with van der Waals surface area (Å²) in [7, 11) is 1.73. The van der Waals surface area contributed by atoms with Crippen LogP contribution < -0.4 is 10.6 Å². The number of carbonyl (C=O) groups excluding carboxylic acids is 3. The first-order valence-electron chi connectivity index (χ1n) is 15.9. The third kappa shape index (κ3) is 7.52. The van der Waals surface area contributed by atoms with Crippen molar-refractivity contribution in [3.63, 3.8) is 0 Å². The summed E-state index contributed by atoms with van der Waals surface area (Å²) in [5.41, 5.74) is -0.892. The van der Waals surface area contributed by atoms with Gasteiger partial charge in [-0.2, -0.15) is 13.2 Å². The van der Waals surface area contributed by atoms with Gasteiger partial charge in [-0.05, 0) is 69.1 Å². The summed E-state index contributed by atoms with van der Waals surface area (Å²) in [6.07, 6.45) is 2.67. The molecule has 2 aliphatic heterocycles. The van der Waals surface area contributed by atoms with Crippen LogP contribution in [0.1, 0.15) is 76.8 Å². The van der Waals surface area contributed by atoms with E-state index >= 15 is 0 Å². The molecule has 8 nitrogen and oxygen atoms in total. The molecule has 0 bridgehead atoms. The van der Waals surface area contributed by atoms with E-state index in [0.29, 0.717) is 22.9 Å². The highest BCUT2D eigenvalue weighted by Gasteiger charge is 2.54. The number of carbonyl (C=O) groups is 3. The van der Waals surface area contributed by atoms with Crippen LogP contribution in [0.4, 0.5) is 23.7 Å². The van der Waals surface area contributed by atoms with Crippen LogP contribution in [0.15, 0.2) is 35.3 Å². The number of rotatable bonds is 5. The number of nitrogens with zero attached hydrogens (tertiary/aromatic N) is 2. The molecule has 12 heteroatoms. The lowest BCUT2D eigenvalue weighted by molar-refractivity contribution is -0.140. The Morgan fingerprint density at radius 2 is 1.98 bits per heavy atom. The zero-order chi connectivity index (χ0) is 32.5. The van der Waals surface area contributed by atoms with Gasteiger partial charge in [-0.1, -0.05) is 32.9 Å². The number of hydrogen-bond donors (Lipinski definition) is 2. The van der Waals surface area contributed by atoms with Crippen LogP contribution in [-0.2, 0) is 20.5 Å². The predicted octanol–water partition coefficient (Wildman–Crippen LogP) is 6.65. The topological polar surface area (TPSA) is 100 Å². The Bertz CT molecular complexity index is 1370. The van der Waals surface area contributed by atoms with Crippen molar-refractivity contribution in [3.05, 3.63) is 41.5 Å². The smallest absolute Gasteiger partial charge is 0.416 e. The fourth-order valence-corrected chi connectivity index (χ4v) is 7.99. The molecule has 4 aliphatic rings. The zero-order valence-electron chi connectivity index (χ0n) is 26.3. The van der Waals surface area contributed by atoms with E-state index < -0.39 is 35.8 Å². The summed E-state index contributed by atoms with van der Waals surface area (Å²) in [5.74, 6) is -0.527. The number of allylic oxidation sites excluding steroid dienone is 1. The summed E-state index contributed by atoms with van der Waals surface area (Å²) in [6.45, 7) is 6.66. The summed E-state index contributed by atoms with van der Waals surface area (Å²) in [4.78, 5) is 46.8. The lowest BCUT2D eigenvalue weighted by Crippen LogP contribution is -2.45. The normalized spacial score (nSPS) is 31.4. The number of nitrogens with one attached hydrogen (secondary N) is 2. The number of benzene rings is 1. The fraction of sp³-hybridized carbons (Fsp3) is 0.636. The molecule has 1 unspecified atom stereocenters. The van der Waals surface area contributed by atoms with E-state index in [-0.39, 0.29) is 53.8 Å². The molecule has 2 saturated carbocycles. The number of alkyl halides is 3. The molecule has 0 saturated heterocycles. The van der Waals surface area contributed by atoms with Gasteiger partial charge in [0.1, 0.15) is 11.1 Å². The van der Waals surface area contributed by atoms with Gasteiger partial charge in [-0.15, -0.1) is 11.8 Å². The minimum absolute atomic E-state index is 0.0217. The van der Waals surface area contributed by atoms with Gasteiger partial charge in [0.15, 0.2) is 0 Å². The van der Waals surface area contributed by atoms with Gasteiger partial charge >= 0.3 is 12.3 Å². The van der Waals surface area contributed by atoms with Gasteiger partial charge in [0, 0.05) is 36.4 Å². The Labute approximate surface area is 267 Å². The third-order valence-corrected chi connectivity index (χ3v) is 10.8. The molecule has 246 valence electrons. The molecule has 6 atom stereocenters. The molecule has 1 aromatic carbocycles. The molecular formula is C33H43F3N4O4S. The van der Waals surface area contributed by atoms with Crippen LogP contribution in [-0.4, -0.2) is 64.9 Å². The van der Waals surface area contributed by atoms with Crippen LogP contribution in [0, 0.1) is 23.7 Å². The number of ether oxygens (including phenoxy) is 1. The molecule has 2 aliphatic carbocycles. The largest absolute Gasteiger partial charge is 0.446 e. The number of hydrogen-bond acceptors (Lipinski definition) is 6. The van der Waals surface area contributed by atoms with Crippen LogP contribution in [0.2, 0.25) is 0 Å². The van der Waals surface area contributed by atoms with Crippen molar-refractivity contribution in [3.8, 4) is 0 Å². The number of aliphatic imine (C=N–C) groups is 1. The second kappa shape index (κ2) is 13.4. The maximum atomic E-state index is 13.7. The third-order valence-electron chi connectivity index (χ3n) is 9.70. The van der Waals surface area contributed by atoms with E-state index in [1.54, 1.807) is 11.9 Å². The summed E-state index contributed by atoms with van der Waals surface area (Å²) in [5, 5.41) is 6.31. The van der Waals surface area contributed by atoms with Crippen LogP contribution in [0.5, 0.6) is 0 Å². The Hall–Kier alpha value is -3.02. The molecule has 0 spiro atoms. The quantitative estimate of drug-likeness (QED) is 0.349. The number of fused-ring (bicyclic) bond motifs is 2. The maximum Gasteiger partial charge on any atom is 0.416 e. The first-order chi connectivity index (χ1) is 21.3. The molecular weight excluding hydrogens is 605 g/mol. The SMILES string of the molecule is CC[C@@]12C[C@H]1/C=C\CCCCN(C)C(=O)[C@@H]1C[C@H](OC(=O)Nc3cc(C(F)(F)F)ccc3C3=NC(C(C)C)CS3)C[C@H]1C(=O)N2. The lowest BCUT2D eigenvalue weighted by Gasteiger charge is -2.26. The average molecular weight is 649 g/mol. The van der Waals surface area contributed by atoms with Crippen molar-refractivity contribution in [1.82, 2.24) is 10.2 Å². The Morgan fingerprint density at radius 3 is 2.67 bits per heavy atom. The molecule has 2 heterocycles. The van der Waals surface area contributed by atoms with Gasteiger partial charge in [0.05, 0.1) is 29.1 Å². The van der Waals surface area contributed by atoms with Gasteiger partial charge in [-0.3, -0.25) is 19.9 Å². The average Bonchev–Trinajstić information content (AvgIpc) is 3.28. The van der Waals surface area contributed by atoms with Crippen molar-refractivity contribution in [2.75, 3.05) is 24.7 Å². The van der Waals surface area contributed by atoms with Crippen molar-refractivity contribution < 1.29 is 32.3 Å². The van der Waals surface area contributed by atoms with Crippen LogP contribution in [0.3, 0.4) is 0 Å². The highest BCUT2D eigenvalue weighted by molar-refractivity contribution is 8.14. The predicted molar refractivity (Wildman–Crippen MR) is 169 cm³/mol. The van der Waals surface area contributed by atoms with Crippen molar-refractivity contribution in [2.45, 2.75) is 89.6 Å². The Kier molecular flexibility index (Phi) is 9.91. The maximum absolute atomic E-state index is 13.7. The minimum Gasteiger partial charge on any atom is -0.446 e. The van der Waals surface area contributed by atoms with Crippen molar-refractivity contribution in [2.24, 2.45) is 28.7 Å². The van der Waals surface area contributed by atoms with E-state index in [0.717, 1.165) is 44.2 Å². The number of thioether (sulfide) groups is 1. The molecule has 1 aromatic rings. The van der Waals surface area contributed by atoms with Crippen molar-refractivity contribution in [1.29, 1.82) is 0 Å². The molecule has 0 aromatic heterocycles. The highest BCUT2D eigenvalue weighted by atomic mass is 32.2. The van der Waals surface area contributed by atoms with Crippen LogP contribution >= 0.6 is 11.8 Å². The molecule has 2 N–H and O–H groups in total. The molecule has 2 fully saturated rings. The summed E-state index contributed by atoms with van der Waals surface area (Å²) >= 11 is 1.44. The van der Waals surface area contributed by atoms with E-state index in [1.807, 2.05) is 20.8 Å². The van der Waals surface area contributed by atoms with Gasteiger partial charge < -0.3 is 15.0 Å². The fourth-order valence-electron chi connectivity index (χ4n) is 6.66. The second-order valence-electron chi connectivity index (χ2n) is 13.1. The molecule has 5 rings (SSSR count). The van der Waals surface area contributed by atoms with E-state index in [4.69, 9.17) is 4.74 Å². The number of amides is 3. The van der Waals surface area contributed by atoms with Crippen LogP contribution in [0.25, 0.3) is 0 Å². The molecule has 45 heavy (non-hydrogen) atoms.